The molecule has 2 aliphatic heterocycles. The Kier molecular flexibility index (Phi) is 4.68. The van der Waals surface area contributed by atoms with Crippen LogP contribution in [0.25, 0.3) is 0 Å². The second-order valence-corrected chi connectivity index (χ2v) is 7.48. The van der Waals surface area contributed by atoms with Gasteiger partial charge in [-0.1, -0.05) is 32.1 Å². The number of fused-ring (bicyclic) bond motifs is 2. The van der Waals surface area contributed by atoms with Gasteiger partial charge in [-0.2, -0.15) is 0 Å². The fraction of sp³-hybridized carbons (Fsp3) is 1.00. The first-order chi connectivity index (χ1) is 9.75. The van der Waals surface area contributed by atoms with Crippen LogP contribution in [0.2, 0.25) is 0 Å². The van der Waals surface area contributed by atoms with Gasteiger partial charge in [0.15, 0.2) is 0 Å². The Bertz CT molecular complexity index is 309. The summed E-state index contributed by atoms with van der Waals surface area (Å²) in [6, 6.07) is 1.63. The molecule has 3 nitrogen and oxygen atoms in total. The molecule has 0 spiro atoms. The molecule has 0 aromatic carbocycles. The lowest BCUT2D eigenvalue weighted by molar-refractivity contribution is 0.0578. The smallest absolute Gasteiger partial charge is 0.0332 e. The van der Waals surface area contributed by atoms with E-state index < -0.39 is 0 Å². The third kappa shape index (κ3) is 2.77. The van der Waals surface area contributed by atoms with E-state index in [2.05, 4.69) is 16.8 Å². The number of hydrogen-bond donors (Lipinski definition) is 1. The second kappa shape index (κ2) is 6.33. The normalized spacial score (nSPS) is 36.3. The summed E-state index contributed by atoms with van der Waals surface area (Å²) in [6.07, 6.45) is 13.9. The molecule has 2 atom stereocenters. The van der Waals surface area contributed by atoms with E-state index in [1.165, 1.54) is 77.3 Å². The minimum Gasteiger partial charge on any atom is -0.329 e. The highest BCUT2D eigenvalue weighted by atomic mass is 15.3. The van der Waals surface area contributed by atoms with Crippen molar-refractivity contribution in [1.82, 2.24) is 9.80 Å². The molecule has 3 fully saturated rings. The molecule has 2 heterocycles. The third-order valence-electron chi connectivity index (χ3n) is 6.48. The Morgan fingerprint density at radius 1 is 0.950 bits per heavy atom. The molecule has 2 saturated heterocycles. The average Bonchev–Trinajstić information content (AvgIpc) is 2.65. The highest BCUT2D eigenvalue weighted by Gasteiger charge is 2.42. The van der Waals surface area contributed by atoms with Gasteiger partial charge in [0.05, 0.1) is 0 Å². The zero-order chi connectivity index (χ0) is 14.0. The van der Waals surface area contributed by atoms with Gasteiger partial charge in [-0.3, -0.25) is 9.80 Å². The Morgan fingerprint density at radius 3 is 2.30 bits per heavy atom. The lowest BCUT2D eigenvalue weighted by Crippen LogP contribution is -2.56. The van der Waals surface area contributed by atoms with E-state index in [4.69, 9.17) is 5.73 Å². The van der Waals surface area contributed by atoms with E-state index in [-0.39, 0.29) is 0 Å². The number of likely N-dealkylation sites (tertiary alicyclic amines) is 1. The summed E-state index contributed by atoms with van der Waals surface area (Å²) in [6.45, 7) is 3.42. The SMILES string of the molecule is CN1C2CCC1CN(C1(CN)CCCCCCC1)CC2. The molecule has 2 bridgehead atoms. The standard InChI is InChI=1S/C17H33N3/c1-19-15-7-8-16(19)13-20(12-9-15)17(14-18)10-5-3-2-4-6-11-17/h15-16H,2-14,18H2,1H3. The van der Waals surface area contributed by atoms with Gasteiger partial charge in [0.1, 0.15) is 0 Å². The van der Waals surface area contributed by atoms with Crippen molar-refractivity contribution >= 4 is 0 Å². The molecule has 2 N–H and O–H groups in total. The summed E-state index contributed by atoms with van der Waals surface area (Å²) < 4.78 is 0. The minimum absolute atomic E-state index is 0.325. The molecule has 0 aromatic heterocycles. The molecule has 1 saturated carbocycles. The Hall–Kier alpha value is -0.120. The van der Waals surface area contributed by atoms with Crippen LogP contribution in [0.4, 0.5) is 0 Å². The lowest BCUT2D eigenvalue weighted by atomic mass is 9.81. The van der Waals surface area contributed by atoms with Gasteiger partial charge in [0.25, 0.3) is 0 Å². The molecule has 2 unspecified atom stereocenters. The maximum absolute atomic E-state index is 6.32. The van der Waals surface area contributed by atoms with Gasteiger partial charge in [-0.05, 0) is 39.2 Å². The Balaban J connectivity index is 1.74. The van der Waals surface area contributed by atoms with Crippen LogP contribution in [-0.2, 0) is 0 Å². The number of nitrogens with zero attached hydrogens (tertiary/aromatic N) is 2. The first-order valence-corrected chi connectivity index (χ1v) is 8.92. The molecule has 3 heteroatoms. The highest BCUT2D eigenvalue weighted by molar-refractivity contribution is 4.99. The van der Waals surface area contributed by atoms with Gasteiger partial charge in [-0.25, -0.2) is 0 Å². The van der Waals surface area contributed by atoms with E-state index in [9.17, 15) is 0 Å². The van der Waals surface area contributed by atoms with Crippen LogP contribution in [0, 0.1) is 0 Å². The molecule has 0 amide bonds. The molecule has 3 rings (SSSR count). The van der Waals surface area contributed by atoms with Gasteiger partial charge in [0.2, 0.25) is 0 Å². The highest BCUT2D eigenvalue weighted by Crippen LogP contribution is 2.36. The largest absolute Gasteiger partial charge is 0.329 e. The Labute approximate surface area is 124 Å². The summed E-state index contributed by atoms with van der Waals surface area (Å²) in [7, 11) is 2.35. The van der Waals surface area contributed by atoms with Crippen LogP contribution < -0.4 is 5.73 Å². The van der Waals surface area contributed by atoms with E-state index in [1.807, 2.05) is 0 Å². The number of likely N-dealkylation sites (N-methyl/N-ethyl adjacent to an activating group) is 1. The molecule has 1 aliphatic carbocycles. The maximum atomic E-state index is 6.32. The van der Waals surface area contributed by atoms with Crippen LogP contribution in [0.5, 0.6) is 0 Å². The number of hydrogen-bond acceptors (Lipinski definition) is 3. The third-order valence-corrected chi connectivity index (χ3v) is 6.48. The summed E-state index contributed by atoms with van der Waals surface area (Å²) >= 11 is 0. The van der Waals surface area contributed by atoms with Crippen LogP contribution in [-0.4, -0.2) is 54.1 Å². The minimum atomic E-state index is 0.325. The first-order valence-electron chi connectivity index (χ1n) is 8.92. The van der Waals surface area contributed by atoms with Crippen molar-refractivity contribution in [3.05, 3.63) is 0 Å². The monoisotopic (exact) mass is 279 g/mol. The second-order valence-electron chi connectivity index (χ2n) is 7.48. The molecular formula is C17H33N3. The van der Waals surface area contributed by atoms with E-state index in [0.29, 0.717) is 5.54 Å². The van der Waals surface area contributed by atoms with Crippen molar-refractivity contribution in [2.45, 2.75) is 81.8 Å². The first kappa shape index (κ1) is 14.8. The molecule has 116 valence electrons. The predicted octanol–water partition coefficient (Wildman–Crippen LogP) is 2.60. The molecule has 0 aromatic rings. The molecule has 20 heavy (non-hydrogen) atoms. The van der Waals surface area contributed by atoms with Gasteiger partial charge in [0, 0.05) is 37.3 Å². The van der Waals surface area contributed by atoms with Gasteiger partial charge in [-0.15, -0.1) is 0 Å². The zero-order valence-electron chi connectivity index (χ0n) is 13.3. The van der Waals surface area contributed by atoms with Gasteiger partial charge < -0.3 is 5.73 Å². The maximum Gasteiger partial charge on any atom is 0.0332 e. The summed E-state index contributed by atoms with van der Waals surface area (Å²) in [4.78, 5) is 5.48. The fourth-order valence-corrected chi connectivity index (χ4v) is 4.95. The van der Waals surface area contributed by atoms with Gasteiger partial charge >= 0.3 is 0 Å². The number of nitrogens with two attached hydrogens (primary N) is 1. The van der Waals surface area contributed by atoms with Crippen molar-refractivity contribution in [3.8, 4) is 0 Å². The predicted molar refractivity (Wildman–Crippen MR) is 84.9 cm³/mol. The topological polar surface area (TPSA) is 32.5 Å². The van der Waals surface area contributed by atoms with E-state index in [1.54, 1.807) is 0 Å². The van der Waals surface area contributed by atoms with Crippen molar-refractivity contribution in [2.24, 2.45) is 5.73 Å². The fourth-order valence-electron chi connectivity index (χ4n) is 4.95. The average molecular weight is 279 g/mol. The zero-order valence-corrected chi connectivity index (χ0v) is 13.3. The molecular weight excluding hydrogens is 246 g/mol. The quantitative estimate of drug-likeness (QED) is 0.843. The van der Waals surface area contributed by atoms with Crippen LogP contribution in [0.15, 0.2) is 0 Å². The van der Waals surface area contributed by atoms with Crippen LogP contribution in [0.1, 0.15) is 64.2 Å². The summed E-state index contributed by atoms with van der Waals surface area (Å²) in [5.41, 5.74) is 6.64. The number of rotatable bonds is 2. The Morgan fingerprint density at radius 2 is 1.60 bits per heavy atom. The lowest BCUT2D eigenvalue weighted by Gasteiger charge is -2.45. The van der Waals surface area contributed by atoms with Crippen molar-refractivity contribution in [1.29, 1.82) is 0 Å². The van der Waals surface area contributed by atoms with E-state index in [0.717, 1.165) is 18.6 Å². The summed E-state index contributed by atoms with van der Waals surface area (Å²) in [5, 5.41) is 0. The van der Waals surface area contributed by atoms with Crippen molar-refractivity contribution in [3.63, 3.8) is 0 Å². The molecule has 0 radical (unpaired) electrons. The van der Waals surface area contributed by atoms with Crippen LogP contribution in [0.3, 0.4) is 0 Å². The molecule has 3 aliphatic rings. The van der Waals surface area contributed by atoms with Crippen LogP contribution >= 0.6 is 0 Å². The van der Waals surface area contributed by atoms with E-state index >= 15 is 0 Å². The van der Waals surface area contributed by atoms with Crippen molar-refractivity contribution in [2.75, 3.05) is 26.7 Å². The van der Waals surface area contributed by atoms with Crippen molar-refractivity contribution < 1.29 is 0 Å². The summed E-state index contributed by atoms with van der Waals surface area (Å²) in [5.74, 6) is 0.